The van der Waals surface area contributed by atoms with Crippen LogP contribution in [0.15, 0.2) is 0 Å². The van der Waals surface area contributed by atoms with Crippen LogP contribution in [0.4, 0.5) is 0 Å². The normalized spacial score (nSPS) is 13.4. The number of ether oxygens (including phenoxy) is 2. The molecule has 0 fully saturated rings. The van der Waals surface area contributed by atoms with Gasteiger partial charge >= 0.3 is 11.9 Å². The van der Waals surface area contributed by atoms with E-state index in [-0.39, 0.29) is 24.3 Å². The fourth-order valence-corrected chi connectivity index (χ4v) is 4.00. The average Bonchev–Trinajstić information content (AvgIpc) is 2.75. The van der Waals surface area contributed by atoms with E-state index in [1.54, 1.807) is 0 Å². The summed E-state index contributed by atoms with van der Waals surface area (Å²) >= 11 is 0. The van der Waals surface area contributed by atoms with Crippen molar-refractivity contribution in [2.24, 2.45) is 17.3 Å². The van der Waals surface area contributed by atoms with E-state index in [4.69, 9.17) is 9.47 Å². The van der Waals surface area contributed by atoms with Crippen molar-refractivity contribution in [2.45, 2.75) is 138 Å². The molecule has 0 aliphatic rings. The molecule has 0 aromatic heterocycles. The van der Waals surface area contributed by atoms with Crippen LogP contribution in [0.25, 0.3) is 0 Å². The summed E-state index contributed by atoms with van der Waals surface area (Å²) in [5.74, 6) is 0.0755. The van der Waals surface area contributed by atoms with Crippen LogP contribution in [0.5, 0.6) is 0 Å². The van der Waals surface area contributed by atoms with Crippen LogP contribution < -0.4 is 0 Å². The Morgan fingerprint density at radius 2 is 1.09 bits per heavy atom. The Bertz CT molecular complexity index is 472. The zero-order chi connectivity index (χ0) is 24.2. The van der Waals surface area contributed by atoms with Crippen molar-refractivity contribution < 1.29 is 19.1 Å². The SMILES string of the molecule is CCCCCCCCCCCCCCC(CC)(CC(=O)OCC(C)C)C(=O)OCC(C)C. The number of carbonyl (C=O) groups is 2. The summed E-state index contributed by atoms with van der Waals surface area (Å²) in [6.45, 7) is 13.2. The first-order valence-corrected chi connectivity index (χ1v) is 13.6. The van der Waals surface area contributed by atoms with E-state index in [2.05, 4.69) is 6.92 Å². The zero-order valence-electron chi connectivity index (χ0n) is 22.3. The third-order valence-corrected chi connectivity index (χ3v) is 6.23. The van der Waals surface area contributed by atoms with Crippen LogP contribution in [-0.2, 0) is 19.1 Å². The lowest BCUT2D eigenvalue weighted by Gasteiger charge is -2.30. The summed E-state index contributed by atoms with van der Waals surface area (Å²) in [4.78, 5) is 25.4. The average molecular weight is 455 g/mol. The Balaban J connectivity index is 4.42. The quantitative estimate of drug-likeness (QED) is 0.129. The maximum atomic E-state index is 13.0. The molecular weight excluding hydrogens is 400 g/mol. The fraction of sp³-hybridized carbons (Fsp3) is 0.929. The molecule has 0 spiro atoms. The maximum absolute atomic E-state index is 13.0. The maximum Gasteiger partial charge on any atom is 0.312 e. The van der Waals surface area contributed by atoms with E-state index in [1.165, 1.54) is 64.2 Å². The zero-order valence-corrected chi connectivity index (χ0v) is 22.3. The third kappa shape index (κ3) is 15.7. The van der Waals surface area contributed by atoms with Gasteiger partial charge in [0.15, 0.2) is 0 Å². The van der Waals surface area contributed by atoms with E-state index >= 15 is 0 Å². The number of unbranched alkanes of at least 4 members (excludes halogenated alkanes) is 11. The number of hydrogen-bond acceptors (Lipinski definition) is 4. The molecule has 0 saturated carbocycles. The van der Waals surface area contributed by atoms with Crippen LogP contribution in [-0.4, -0.2) is 25.2 Å². The molecule has 0 aromatic carbocycles. The van der Waals surface area contributed by atoms with Crippen LogP contribution in [0.1, 0.15) is 138 Å². The predicted octanol–water partition coefficient (Wildman–Crippen LogP) is 8.26. The molecule has 32 heavy (non-hydrogen) atoms. The highest BCUT2D eigenvalue weighted by Crippen LogP contribution is 2.35. The summed E-state index contributed by atoms with van der Waals surface area (Å²) in [7, 11) is 0. The molecule has 0 N–H and O–H groups in total. The van der Waals surface area contributed by atoms with Crippen LogP contribution >= 0.6 is 0 Å². The molecular formula is C28H54O4. The molecule has 0 aliphatic heterocycles. The fourth-order valence-electron chi connectivity index (χ4n) is 4.00. The first-order chi connectivity index (χ1) is 15.3. The van der Waals surface area contributed by atoms with E-state index in [0.29, 0.717) is 32.0 Å². The lowest BCUT2D eigenvalue weighted by atomic mass is 9.77. The second kappa shape index (κ2) is 19.4. The van der Waals surface area contributed by atoms with Gasteiger partial charge in [-0.25, -0.2) is 0 Å². The Morgan fingerprint density at radius 1 is 0.656 bits per heavy atom. The largest absolute Gasteiger partial charge is 0.465 e. The molecule has 4 nitrogen and oxygen atoms in total. The van der Waals surface area contributed by atoms with Gasteiger partial charge in [-0.2, -0.15) is 0 Å². The summed E-state index contributed by atoms with van der Waals surface area (Å²) in [6.07, 6.45) is 16.8. The van der Waals surface area contributed by atoms with Crippen LogP contribution in [0.3, 0.4) is 0 Å². The molecule has 0 aliphatic carbocycles. The molecule has 0 amide bonds. The first-order valence-electron chi connectivity index (χ1n) is 13.6. The highest BCUT2D eigenvalue weighted by atomic mass is 16.5. The summed E-state index contributed by atoms with van der Waals surface area (Å²) in [6, 6.07) is 0. The molecule has 0 saturated heterocycles. The number of carbonyl (C=O) groups excluding carboxylic acids is 2. The summed E-state index contributed by atoms with van der Waals surface area (Å²) < 4.78 is 11.0. The van der Waals surface area contributed by atoms with Crippen LogP contribution in [0.2, 0.25) is 0 Å². The number of rotatable bonds is 21. The lowest BCUT2D eigenvalue weighted by molar-refractivity contribution is -0.165. The van der Waals surface area contributed by atoms with Crippen molar-refractivity contribution in [2.75, 3.05) is 13.2 Å². The van der Waals surface area contributed by atoms with Gasteiger partial charge in [0.2, 0.25) is 0 Å². The van der Waals surface area contributed by atoms with Gasteiger partial charge in [-0.3, -0.25) is 9.59 Å². The van der Waals surface area contributed by atoms with Gasteiger partial charge in [-0.05, 0) is 24.7 Å². The first kappa shape index (κ1) is 30.9. The summed E-state index contributed by atoms with van der Waals surface area (Å²) in [5.41, 5.74) is -0.749. The van der Waals surface area contributed by atoms with Crippen LogP contribution in [0, 0.1) is 17.3 Å². The second-order valence-electron chi connectivity index (χ2n) is 10.5. The van der Waals surface area contributed by atoms with Gasteiger partial charge < -0.3 is 9.47 Å². The lowest BCUT2D eigenvalue weighted by Crippen LogP contribution is -2.36. The van der Waals surface area contributed by atoms with E-state index in [9.17, 15) is 9.59 Å². The Hall–Kier alpha value is -1.06. The monoisotopic (exact) mass is 454 g/mol. The third-order valence-electron chi connectivity index (χ3n) is 6.23. The molecule has 0 radical (unpaired) electrons. The minimum Gasteiger partial charge on any atom is -0.465 e. The van der Waals surface area contributed by atoms with Gasteiger partial charge in [0.05, 0.1) is 25.0 Å². The van der Waals surface area contributed by atoms with Gasteiger partial charge in [0, 0.05) is 0 Å². The van der Waals surface area contributed by atoms with Gasteiger partial charge in [-0.1, -0.05) is 119 Å². The topological polar surface area (TPSA) is 52.6 Å². The van der Waals surface area contributed by atoms with Gasteiger partial charge in [-0.15, -0.1) is 0 Å². The Kier molecular flexibility index (Phi) is 18.8. The van der Waals surface area contributed by atoms with E-state index in [0.717, 1.165) is 12.8 Å². The number of esters is 2. The Morgan fingerprint density at radius 3 is 1.53 bits per heavy atom. The van der Waals surface area contributed by atoms with Crippen molar-refractivity contribution in [1.82, 2.24) is 0 Å². The highest BCUT2D eigenvalue weighted by molar-refractivity contribution is 5.83. The summed E-state index contributed by atoms with van der Waals surface area (Å²) in [5, 5.41) is 0. The molecule has 0 bridgehead atoms. The predicted molar refractivity (Wildman–Crippen MR) is 135 cm³/mol. The van der Waals surface area contributed by atoms with E-state index in [1.807, 2.05) is 34.6 Å². The van der Waals surface area contributed by atoms with E-state index < -0.39 is 5.41 Å². The smallest absolute Gasteiger partial charge is 0.312 e. The van der Waals surface area contributed by atoms with Gasteiger partial charge in [0.25, 0.3) is 0 Å². The Labute approximate surface area is 199 Å². The van der Waals surface area contributed by atoms with Crippen molar-refractivity contribution >= 4 is 11.9 Å². The highest BCUT2D eigenvalue weighted by Gasteiger charge is 2.40. The molecule has 0 rings (SSSR count). The standard InChI is InChI=1S/C28H54O4/c1-7-9-10-11-12-13-14-15-16-17-18-19-20-28(8-2,27(30)32-23-25(5)6)21-26(29)31-22-24(3)4/h24-25H,7-23H2,1-6H3. The van der Waals surface area contributed by atoms with Crippen molar-refractivity contribution in [3.8, 4) is 0 Å². The molecule has 4 heteroatoms. The second-order valence-corrected chi connectivity index (χ2v) is 10.5. The van der Waals surface area contributed by atoms with Gasteiger partial charge in [0.1, 0.15) is 0 Å². The minimum absolute atomic E-state index is 0.130. The van der Waals surface area contributed by atoms with Crippen molar-refractivity contribution in [3.63, 3.8) is 0 Å². The molecule has 190 valence electrons. The molecule has 0 heterocycles. The minimum atomic E-state index is -0.749. The van der Waals surface area contributed by atoms with Crippen molar-refractivity contribution in [3.05, 3.63) is 0 Å². The molecule has 1 atom stereocenters. The van der Waals surface area contributed by atoms with Crippen molar-refractivity contribution in [1.29, 1.82) is 0 Å². The molecule has 1 unspecified atom stereocenters. The molecule has 0 aromatic rings. The number of hydrogen-bond donors (Lipinski definition) is 0.